The number of carboxylic acid groups (broad SMARTS) is 1. The smallest absolute Gasteiger partial charge is 0.328 e. The highest BCUT2D eigenvalue weighted by atomic mass is 19.1. The maximum Gasteiger partial charge on any atom is 0.328 e. The third-order valence-corrected chi connectivity index (χ3v) is 4.22. The van der Waals surface area contributed by atoms with Gasteiger partial charge in [-0.1, -0.05) is 19.9 Å². The van der Waals surface area contributed by atoms with Gasteiger partial charge in [0.05, 0.1) is 6.10 Å². The summed E-state index contributed by atoms with van der Waals surface area (Å²) in [5.74, 6) is 0.0203. The zero-order chi connectivity index (χ0) is 15.4. The molecule has 0 heterocycles. The number of ether oxygens (including phenoxy) is 1. The van der Waals surface area contributed by atoms with Crippen molar-refractivity contribution in [2.45, 2.75) is 39.2 Å². The number of carboxylic acids is 1. The lowest BCUT2D eigenvalue weighted by Crippen LogP contribution is -2.29. The number of hydrogen-bond acceptors (Lipinski definition) is 2. The van der Waals surface area contributed by atoms with Crippen LogP contribution in [0.15, 0.2) is 24.3 Å². The van der Waals surface area contributed by atoms with Crippen molar-refractivity contribution in [1.29, 1.82) is 0 Å². The first kappa shape index (κ1) is 15.5. The monoisotopic (exact) mass is 292 g/mol. The summed E-state index contributed by atoms with van der Waals surface area (Å²) in [5.41, 5.74) is 0.507. The highest BCUT2D eigenvalue weighted by molar-refractivity contribution is 5.85. The fourth-order valence-electron chi connectivity index (χ4n) is 2.67. The van der Waals surface area contributed by atoms with E-state index in [0.29, 0.717) is 17.4 Å². The van der Waals surface area contributed by atoms with Crippen LogP contribution in [0, 0.1) is 17.7 Å². The van der Waals surface area contributed by atoms with Gasteiger partial charge < -0.3 is 9.84 Å². The molecule has 1 aliphatic carbocycles. The van der Waals surface area contributed by atoms with Gasteiger partial charge in [0.15, 0.2) is 11.6 Å². The average molecular weight is 292 g/mol. The summed E-state index contributed by atoms with van der Waals surface area (Å²) in [6.07, 6.45) is 5.41. The van der Waals surface area contributed by atoms with Gasteiger partial charge in [0.1, 0.15) is 0 Å². The molecule has 0 radical (unpaired) electrons. The fourth-order valence-corrected chi connectivity index (χ4v) is 2.67. The predicted molar refractivity (Wildman–Crippen MR) is 79.7 cm³/mol. The summed E-state index contributed by atoms with van der Waals surface area (Å²) in [5, 5.41) is 8.56. The Balaban J connectivity index is 2.02. The van der Waals surface area contributed by atoms with Gasteiger partial charge in [-0.3, -0.25) is 0 Å². The number of rotatable bonds is 4. The fraction of sp³-hybridized carbons (Fsp3) is 0.471. The lowest BCUT2D eigenvalue weighted by molar-refractivity contribution is -0.131. The molecule has 114 valence electrons. The standard InChI is InChI=1S/C17H21FO3/c1-11-3-6-14(9-12(11)2)21-16-7-4-13(10-15(16)18)5-8-17(19)20/h4-5,7-8,10-12,14H,3,6,9H2,1-2H3,(H,19,20)/b8-5+. The third-order valence-electron chi connectivity index (χ3n) is 4.22. The molecule has 1 saturated carbocycles. The van der Waals surface area contributed by atoms with E-state index in [1.54, 1.807) is 12.1 Å². The summed E-state index contributed by atoms with van der Waals surface area (Å²) in [6, 6.07) is 4.52. The molecule has 1 fully saturated rings. The van der Waals surface area contributed by atoms with E-state index >= 15 is 0 Å². The normalized spacial score (nSPS) is 26.0. The summed E-state index contributed by atoms with van der Waals surface area (Å²) in [4.78, 5) is 10.4. The number of carbonyl (C=O) groups is 1. The molecule has 21 heavy (non-hydrogen) atoms. The van der Waals surface area contributed by atoms with Crippen LogP contribution in [0.25, 0.3) is 6.08 Å². The first-order valence-corrected chi connectivity index (χ1v) is 7.33. The molecule has 3 nitrogen and oxygen atoms in total. The van der Waals surface area contributed by atoms with Crippen LogP contribution in [-0.4, -0.2) is 17.2 Å². The van der Waals surface area contributed by atoms with Crippen LogP contribution in [0.3, 0.4) is 0 Å². The topological polar surface area (TPSA) is 46.5 Å². The van der Waals surface area contributed by atoms with E-state index < -0.39 is 11.8 Å². The molecule has 1 aromatic carbocycles. The van der Waals surface area contributed by atoms with Crippen LogP contribution >= 0.6 is 0 Å². The SMILES string of the molecule is CC1CCC(Oc2ccc(/C=C/C(=O)O)cc2F)CC1C. The van der Waals surface area contributed by atoms with Crippen LogP contribution in [0.2, 0.25) is 0 Å². The van der Waals surface area contributed by atoms with Crippen LogP contribution in [0.4, 0.5) is 4.39 Å². The predicted octanol–water partition coefficient (Wildman–Crippen LogP) is 4.13. The number of halogens is 1. The third kappa shape index (κ3) is 4.31. The second kappa shape index (κ2) is 6.74. The summed E-state index contributed by atoms with van der Waals surface area (Å²) in [6.45, 7) is 4.45. The average Bonchev–Trinajstić information content (AvgIpc) is 2.43. The van der Waals surface area contributed by atoms with Gasteiger partial charge in [-0.15, -0.1) is 0 Å². The zero-order valence-electron chi connectivity index (χ0n) is 12.4. The van der Waals surface area contributed by atoms with Crippen LogP contribution in [0.1, 0.15) is 38.7 Å². The summed E-state index contributed by atoms with van der Waals surface area (Å²) in [7, 11) is 0. The van der Waals surface area contributed by atoms with E-state index in [2.05, 4.69) is 13.8 Å². The molecule has 3 unspecified atom stereocenters. The Morgan fingerprint density at radius 1 is 1.33 bits per heavy atom. The quantitative estimate of drug-likeness (QED) is 0.849. The molecule has 0 bridgehead atoms. The van der Waals surface area contributed by atoms with Crippen molar-refractivity contribution >= 4 is 12.0 Å². The van der Waals surface area contributed by atoms with E-state index in [1.807, 2.05) is 0 Å². The molecule has 2 rings (SSSR count). The molecular weight excluding hydrogens is 271 g/mol. The lowest BCUT2D eigenvalue weighted by atomic mass is 9.80. The first-order chi connectivity index (χ1) is 9.95. The van der Waals surface area contributed by atoms with Crippen LogP contribution < -0.4 is 4.74 Å². The van der Waals surface area contributed by atoms with Gasteiger partial charge in [0, 0.05) is 6.08 Å². The van der Waals surface area contributed by atoms with E-state index in [9.17, 15) is 9.18 Å². The molecule has 1 N–H and O–H groups in total. The van der Waals surface area contributed by atoms with Crippen molar-refractivity contribution in [3.8, 4) is 5.75 Å². The molecule has 0 aliphatic heterocycles. The summed E-state index contributed by atoms with van der Waals surface area (Å²) >= 11 is 0. The van der Waals surface area contributed by atoms with E-state index in [1.165, 1.54) is 12.1 Å². The molecule has 0 saturated heterocycles. The molecule has 1 aromatic rings. The van der Waals surface area contributed by atoms with Gasteiger partial charge in [-0.25, -0.2) is 9.18 Å². The highest BCUT2D eigenvalue weighted by Gasteiger charge is 2.26. The Bertz CT molecular complexity index is 539. The van der Waals surface area contributed by atoms with Crippen molar-refractivity contribution in [2.24, 2.45) is 11.8 Å². The maximum atomic E-state index is 14.0. The van der Waals surface area contributed by atoms with Crippen molar-refractivity contribution in [3.63, 3.8) is 0 Å². The Morgan fingerprint density at radius 2 is 2.10 bits per heavy atom. The first-order valence-electron chi connectivity index (χ1n) is 7.33. The maximum absolute atomic E-state index is 14.0. The second-order valence-electron chi connectivity index (χ2n) is 5.87. The summed E-state index contributed by atoms with van der Waals surface area (Å²) < 4.78 is 19.8. The molecule has 0 spiro atoms. The second-order valence-corrected chi connectivity index (χ2v) is 5.87. The Hall–Kier alpha value is -1.84. The van der Waals surface area contributed by atoms with Crippen LogP contribution in [0.5, 0.6) is 5.75 Å². The van der Waals surface area contributed by atoms with Crippen molar-refractivity contribution in [1.82, 2.24) is 0 Å². The zero-order valence-corrected chi connectivity index (χ0v) is 12.4. The highest BCUT2D eigenvalue weighted by Crippen LogP contribution is 2.32. The molecule has 0 aromatic heterocycles. The Labute approximate surface area is 124 Å². The van der Waals surface area contributed by atoms with Gasteiger partial charge in [-0.2, -0.15) is 0 Å². The van der Waals surface area contributed by atoms with Gasteiger partial charge in [-0.05, 0) is 54.9 Å². The number of benzene rings is 1. The largest absolute Gasteiger partial charge is 0.487 e. The van der Waals surface area contributed by atoms with Gasteiger partial charge in [0.25, 0.3) is 0 Å². The minimum absolute atomic E-state index is 0.0612. The minimum atomic E-state index is -1.05. The Morgan fingerprint density at radius 3 is 2.71 bits per heavy atom. The van der Waals surface area contributed by atoms with E-state index in [-0.39, 0.29) is 11.9 Å². The van der Waals surface area contributed by atoms with Crippen molar-refractivity contribution < 1.29 is 19.0 Å². The Kier molecular flexibility index (Phi) is 4.99. The van der Waals surface area contributed by atoms with Crippen molar-refractivity contribution in [3.05, 3.63) is 35.7 Å². The number of aliphatic carboxylic acids is 1. The molecule has 0 amide bonds. The molecule has 4 heteroatoms. The molecule has 1 aliphatic rings. The minimum Gasteiger partial charge on any atom is -0.487 e. The van der Waals surface area contributed by atoms with Gasteiger partial charge in [0.2, 0.25) is 0 Å². The van der Waals surface area contributed by atoms with E-state index in [0.717, 1.165) is 25.3 Å². The van der Waals surface area contributed by atoms with Crippen molar-refractivity contribution in [2.75, 3.05) is 0 Å². The number of hydrogen-bond donors (Lipinski definition) is 1. The molecule has 3 atom stereocenters. The molecular formula is C17H21FO3. The van der Waals surface area contributed by atoms with Gasteiger partial charge >= 0.3 is 5.97 Å². The van der Waals surface area contributed by atoms with Crippen LogP contribution in [-0.2, 0) is 4.79 Å². The van der Waals surface area contributed by atoms with E-state index in [4.69, 9.17) is 9.84 Å². The lowest BCUT2D eigenvalue weighted by Gasteiger charge is -2.32.